The van der Waals surface area contributed by atoms with Crippen LogP contribution in [0.25, 0.3) is 16.1 Å². The van der Waals surface area contributed by atoms with Crippen LogP contribution in [0.1, 0.15) is 22.3 Å². The molecule has 4 aromatic rings. The summed E-state index contributed by atoms with van der Waals surface area (Å²) in [6.45, 7) is 0. The van der Waals surface area contributed by atoms with Crippen molar-refractivity contribution in [1.29, 1.82) is 0 Å². The summed E-state index contributed by atoms with van der Waals surface area (Å²) in [5.74, 6) is 0. The third-order valence-corrected chi connectivity index (χ3v) is 7.11. The minimum Gasteiger partial charge on any atom is -0.128 e. The van der Waals surface area contributed by atoms with E-state index in [4.69, 9.17) is 0 Å². The molecule has 0 saturated carbocycles. The summed E-state index contributed by atoms with van der Waals surface area (Å²) in [4.78, 5) is 2.58. The van der Waals surface area contributed by atoms with Crippen LogP contribution in [-0.2, 0) is 0 Å². The Morgan fingerprint density at radius 1 is 0.438 bits per heavy atom. The van der Waals surface area contributed by atoms with Crippen LogP contribution in [0, 0.1) is 0 Å². The van der Waals surface area contributed by atoms with Gasteiger partial charge in [-0.05, 0) is 40.3 Å². The van der Waals surface area contributed by atoms with E-state index in [-0.39, 0.29) is 0 Å². The monoisotopic (exact) mass is 450 g/mol. The number of hydrogen-bond acceptors (Lipinski definition) is 2. The molecule has 0 saturated heterocycles. The second kappa shape index (κ2) is 11.1. The fourth-order valence-electron chi connectivity index (χ4n) is 3.90. The van der Waals surface area contributed by atoms with Crippen molar-refractivity contribution in [2.45, 2.75) is 0 Å². The van der Waals surface area contributed by atoms with Gasteiger partial charge in [-0.15, -0.1) is 23.5 Å². The van der Waals surface area contributed by atoms with Gasteiger partial charge in [0.1, 0.15) is 0 Å². The third kappa shape index (κ3) is 4.93. The average molecular weight is 451 g/mol. The Labute approximate surface area is 200 Å². The van der Waals surface area contributed by atoms with Crippen molar-refractivity contribution in [3.05, 3.63) is 148 Å². The molecule has 158 valence electrons. The standard InChI is InChI=1S/C30H26S2/c1-31-29(26-21-13-6-14-22-26)30(32-2)28(25-19-11-5-12-20-25)27(23-15-7-3-8-16-23)24-17-9-4-10-18-24/h3-22H,1-2H3/b30-29-. The van der Waals surface area contributed by atoms with Crippen molar-refractivity contribution in [3.8, 4) is 0 Å². The van der Waals surface area contributed by atoms with Gasteiger partial charge in [0.15, 0.2) is 0 Å². The van der Waals surface area contributed by atoms with E-state index in [1.165, 1.54) is 43.2 Å². The number of thioether (sulfide) groups is 2. The van der Waals surface area contributed by atoms with E-state index >= 15 is 0 Å². The van der Waals surface area contributed by atoms with E-state index in [1.54, 1.807) is 0 Å². The topological polar surface area (TPSA) is 0 Å². The third-order valence-electron chi connectivity index (χ3n) is 5.31. The summed E-state index contributed by atoms with van der Waals surface area (Å²) in [6.07, 6.45) is 4.36. The van der Waals surface area contributed by atoms with Crippen molar-refractivity contribution in [3.63, 3.8) is 0 Å². The molecule has 32 heavy (non-hydrogen) atoms. The molecular weight excluding hydrogens is 424 g/mol. The highest BCUT2D eigenvalue weighted by atomic mass is 32.2. The van der Waals surface area contributed by atoms with Crippen molar-refractivity contribution in [2.75, 3.05) is 12.5 Å². The highest BCUT2D eigenvalue weighted by molar-refractivity contribution is 8.10. The molecule has 0 spiro atoms. The van der Waals surface area contributed by atoms with Gasteiger partial charge in [-0.3, -0.25) is 0 Å². The predicted octanol–water partition coefficient (Wildman–Crippen LogP) is 8.74. The number of hydrogen-bond donors (Lipinski definition) is 0. The molecule has 0 amide bonds. The molecule has 0 heterocycles. The summed E-state index contributed by atoms with van der Waals surface area (Å²) >= 11 is 3.63. The summed E-state index contributed by atoms with van der Waals surface area (Å²) < 4.78 is 0. The molecule has 0 fully saturated rings. The summed E-state index contributed by atoms with van der Waals surface area (Å²) in [7, 11) is 0. The van der Waals surface area contributed by atoms with Gasteiger partial charge in [0.25, 0.3) is 0 Å². The van der Waals surface area contributed by atoms with Crippen molar-refractivity contribution in [1.82, 2.24) is 0 Å². The molecule has 0 aliphatic carbocycles. The second-order valence-electron chi connectivity index (χ2n) is 7.28. The van der Waals surface area contributed by atoms with E-state index < -0.39 is 0 Å². The largest absolute Gasteiger partial charge is 0.128 e. The molecule has 0 radical (unpaired) electrons. The van der Waals surface area contributed by atoms with E-state index in [1.807, 2.05) is 23.5 Å². The van der Waals surface area contributed by atoms with Crippen LogP contribution in [-0.4, -0.2) is 12.5 Å². The molecule has 4 aromatic carbocycles. The zero-order valence-electron chi connectivity index (χ0n) is 18.4. The molecule has 0 bridgehead atoms. The molecule has 2 heteroatoms. The highest BCUT2D eigenvalue weighted by Gasteiger charge is 2.21. The van der Waals surface area contributed by atoms with Crippen LogP contribution in [0.5, 0.6) is 0 Å². The van der Waals surface area contributed by atoms with Gasteiger partial charge in [0, 0.05) is 15.4 Å². The van der Waals surface area contributed by atoms with Gasteiger partial charge in [0.2, 0.25) is 0 Å². The minimum atomic E-state index is 1.22. The van der Waals surface area contributed by atoms with E-state index in [9.17, 15) is 0 Å². The lowest BCUT2D eigenvalue weighted by Crippen LogP contribution is -1.99. The van der Waals surface area contributed by atoms with Crippen molar-refractivity contribution >= 4 is 39.6 Å². The molecule has 0 nitrogen and oxygen atoms in total. The Hall–Kier alpha value is -2.94. The second-order valence-corrected chi connectivity index (χ2v) is 8.91. The van der Waals surface area contributed by atoms with Gasteiger partial charge in [-0.1, -0.05) is 121 Å². The van der Waals surface area contributed by atoms with Crippen LogP contribution >= 0.6 is 23.5 Å². The molecule has 0 N–H and O–H groups in total. The minimum absolute atomic E-state index is 1.22. The van der Waals surface area contributed by atoms with Crippen LogP contribution in [0.15, 0.2) is 126 Å². The lowest BCUT2D eigenvalue weighted by molar-refractivity contribution is 1.53. The first-order valence-electron chi connectivity index (χ1n) is 10.6. The Morgan fingerprint density at radius 2 is 0.812 bits per heavy atom. The molecule has 0 unspecified atom stereocenters. The van der Waals surface area contributed by atoms with E-state index in [2.05, 4.69) is 134 Å². The van der Waals surface area contributed by atoms with Crippen LogP contribution in [0.4, 0.5) is 0 Å². The Morgan fingerprint density at radius 3 is 1.19 bits per heavy atom. The van der Waals surface area contributed by atoms with Crippen molar-refractivity contribution in [2.24, 2.45) is 0 Å². The maximum atomic E-state index is 2.22. The zero-order valence-corrected chi connectivity index (χ0v) is 20.0. The number of allylic oxidation sites excluding steroid dienone is 1. The predicted molar refractivity (Wildman–Crippen MR) is 146 cm³/mol. The summed E-state index contributed by atoms with van der Waals surface area (Å²) in [5.41, 5.74) is 7.43. The Balaban J connectivity index is 2.14. The molecule has 4 rings (SSSR count). The lowest BCUT2D eigenvalue weighted by atomic mass is 9.88. The Bertz CT molecular complexity index is 1150. The van der Waals surface area contributed by atoms with Crippen LogP contribution in [0.3, 0.4) is 0 Å². The normalized spacial score (nSPS) is 11.6. The Kier molecular flexibility index (Phi) is 7.71. The van der Waals surface area contributed by atoms with Crippen LogP contribution < -0.4 is 0 Å². The first kappa shape index (κ1) is 22.3. The first-order chi connectivity index (χ1) is 15.8. The van der Waals surface area contributed by atoms with Crippen molar-refractivity contribution < 1.29 is 0 Å². The maximum Gasteiger partial charge on any atom is 0.0296 e. The summed E-state index contributed by atoms with van der Waals surface area (Å²) in [6, 6.07) is 43.0. The molecular formula is C30H26S2. The maximum absolute atomic E-state index is 2.22. The van der Waals surface area contributed by atoms with Gasteiger partial charge in [-0.25, -0.2) is 0 Å². The first-order valence-corrected chi connectivity index (χ1v) is 13.1. The molecule has 0 atom stereocenters. The molecule has 0 aliphatic heterocycles. The fraction of sp³-hybridized carbons (Fsp3) is 0.0667. The van der Waals surface area contributed by atoms with Gasteiger partial charge in [-0.2, -0.15) is 0 Å². The lowest BCUT2D eigenvalue weighted by Gasteiger charge is -2.22. The smallest absolute Gasteiger partial charge is 0.0296 e. The number of rotatable bonds is 7. The van der Waals surface area contributed by atoms with Gasteiger partial charge in [0.05, 0.1) is 0 Å². The molecule has 0 aromatic heterocycles. The van der Waals surface area contributed by atoms with Gasteiger partial charge < -0.3 is 0 Å². The number of benzene rings is 4. The van der Waals surface area contributed by atoms with Gasteiger partial charge >= 0.3 is 0 Å². The fourth-order valence-corrected chi connectivity index (χ4v) is 5.78. The van der Waals surface area contributed by atoms with E-state index in [0.29, 0.717) is 0 Å². The summed E-state index contributed by atoms with van der Waals surface area (Å²) in [5, 5.41) is 0. The average Bonchev–Trinajstić information content (AvgIpc) is 2.88. The molecule has 0 aliphatic rings. The van der Waals surface area contributed by atoms with Crippen LogP contribution in [0.2, 0.25) is 0 Å². The van der Waals surface area contributed by atoms with E-state index in [0.717, 1.165) is 0 Å². The zero-order chi connectivity index (χ0) is 22.2. The SMILES string of the molecule is CS/C(C(=C(c1ccccc1)c1ccccc1)c1ccccc1)=C(\SC)c1ccccc1. The quantitative estimate of drug-likeness (QED) is 0.204. The highest BCUT2D eigenvalue weighted by Crippen LogP contribution is 2.46.